The summed E-state index contributed by atoms with van der Waals surface area (Å²) in [6, 6.07) is 0. The first-order valence-electron chi connectivity index (χ1n) is 9.34. The highest BCUT2D eigenvalue weighted by Crippen LogP contribution is 1.94. The predicted molar refractivity (Wildman–Crippen MR) is 102 cm³/mol. The van der Waals surface area contributed by atoms with Gasteiger partial charge < -0.3 is 24.1 Å². The maximum atomic E-state index is 10.3. The summed E-state index contributed by atoms with van der Waals surface area (Å²) in [5, 5.41) is 8.43. The summed E-state index contributed by atoms with van der Waals surface area (Å²) >= 11 is 0. The number of carboxylic acid groups (broad SMARTS) is 1. The summed E-state index contributed by atoms with van der Waals surface area (Å²) in [6.45, 7) is 8.59. The van der Waals surface area contributed by atoms with E-state index < -0.39 is 5.97 Å². The molecule has 0 aromatic heterocycles. The number of aliphatic imine (C=N–C) groups is 1. The van der Waals surface area contributed by atoms with Crippen LogP contribution >= 0.6 is 0 Å². The summed E-state index contributed by atoms with van der Waals surface area (Å²) in [5.74, 6) is -0.858. The quantitative estimate of drug-likeness (QED) is 0.213. The number of nitrogens with zero attached hydrogens (tertiary/aromatic N) is 1. The molecular formula is C19H35NO6. The lowest BCUT2D eigenvalue weighted by Gasteiger charge is -2.07. The van der Waals surface area contributed by atoms with Crippen LogP contribution in [0, 0.1) is 0 Å². The molecule has 0 aliphatic heterocycles. The van der Waals surface area contributed by atoms with Crippen LogP contribution in [0.5, 0.6) is 0 Å². The summed E-state index contributed by atoms with van der Waals surface area (Å²) in [6.07, 6.45) is 7.60. The second-order valence-electron chi connectivity index (χ2n) is 5.67. The molecule has 0 unspecified atom stereocenters. The highest BCUT2D eigenvalue weighted by Gasteiger charge is 1.96. The number of hydrogen-bond donors (Lipinski definition) is 1. The zero-order valence-electron chi connectivity index (χ0n) is 16.3. The van der Waals surface area contributed by atoms with Crippen molar-refractivity contribution in [3.8, 4) is 0 Å². The Bertz CT molecular complexity index is 384. The van der Waals surface area contributed by atoms with Crippen LogP contribution in [0.25, 0.3) is 0 Å². The van der Waals surface area contributed by atoms with Gasteiger partial charge in [0.15, 0.2) is 0 Å². The highest BCUT2D eigenvalue weighted by molar-refractivity contribution is 5.83. The van der Waals surface area contributed by atoms with Gasteiger partial charge in [-0.3, -0.25) is 9.79 Å². The Morgan fingerprint density at radius 1 is 0.885 bits per heavy atom. The molecule has 0 atom stereocenters. The Labute approximate surface area is 157 Å². The second-order valence-corrected chi connectivity index (χ2v) is 5.67. The molecule has 7 heteroatoms. The van der Waals surface area contributed by atoms with Crippen LogP contribution in [0.15, 0.2) is 17.1 Å². The standard InChI is InChI=1S/C19H35NO6/c1-3-4-5-6-7-18(2)20-9-11-24-13-15-26-17-16-25-14-12-23-10-8-19(21)22/h5-6H,3-4,7-17H2,1-2H3,(H,21,22)/b6-5+,20-18?. The van der Waals surface area contributed by atoms with Gasteiger partial charge in [-0.1, -0.05) is 25.5 Å². The Morgan fingerprint density at radius 3 is 1.96 bits per heavy atom. The van der Waals surface area contributed by atoms with Crippen molar-refractivity contribution in [2.45, 2.75) is 39.5 Å². The molecule has 0 aromatic carbocycles. The zero-order chi connectivity index (χ0) is 19.3. The molecule has 0 fully saturated rings. The van der Waals surface area contributed by atoms with Crippen LogP contribution in [0.1, 0.15) is 39.5 Å². The average Bonchev–Trinajstić information content (AvgIpc) is 2.61. The Balaban J connectivity index is 3.23. The van der Waals surface area contributed by atoms with Crippen molar-refractivity contribution in [3.05, 3.63) is 12.2 Å². The molecule has 0 heterocycles. The Morgan fingerprint density at radius 2 is 1.42 bits per heavy atom. The molecule has 152 valence electrons. The largest absolute Gasteiger partial charge is 0.481 e. The molecule has 0 aromatic rings. The van der Waals surface area contributed by atoms with E-state index in [1.165, 1.54) is 6.42 Å². The summed E-state index contributed by atoms with van der Waals surface area (Å²) in [7, 11) is 0. The van der Waals surface area contributed by atoms with E-state index in [0.29, 0.717) is 52.8 Å². The fourth-order valence-corrected chi connectivity index (χ4v) is 1.83. The minimum atomic E-state index is -0.858. The smallest absolute Gasteiger partial charge is 0.305 e. The van der Waals surface area contributed by atoms with Crippen molar-refractivity contribution >= 4 is 11.7 Å². The minimum Gasteiger partial charge on any atom is -0.481 e. The van der Waals surface area contributed by atoms with Crippen molar-refractivity contribution in [2.75, 3.05) is 59.4 Å². The molecule has 0 bridgehead atoms. The number of carbonyl (C=O) groups is 1. The predicted octanol–water partition coefficient (Wildman–Crippen LogP) is 2.73. The SMILES string of the molecule is CCC/C=C/CC(C)=NCCOCCOCCOCCOCCC(=O)O. The van der Waals surface area contributed by atoms with Crippen molar-refractivity contribution < 1.29 is 28.8 Å². The number of unbranched alkanes of at least 4 members (excludes halogenated alkanes) is 1. The van der Waals surface area contributed by atoms with Gasteiger partial charge in [0.1, 0.15) is 0 Å². The van der Waals surface area contributed by atoms with Gasteiger partial charge in [-0.25, -0.2) is 0 Å². The van der Waals surface area contributed by atoms with Gasteiger partial charge in [-0.15, -0.1) is 0 Å². The molecule has 26 heavy (non-hydrogen) atoms. The Hall–Kier alpha value is -1.28. The topological polar surface area (TPSA) is 86.6 Å². The third-order valence-corrected chi connectivity index (χ3v) is 3.23. The molecular weight excluding hydrogens is 338 g/mol. The minimum absolute atomic E-state index is 0.0179. The lowest BCUT2D eigenvalue weighted by Crippen LogP contribution is -2.13. The molecule has 1 N–H and O–H groups in total. The van der Waals surface area contributed by atoms with E-state index in [0.717, 1.165) is 18.6 Å². The normalized spacial score (nSPS) is 12.2. The van der Waals surface area contributed by atoms with Crippen LogP contribution in [0.3, 0.4) is 0 Å². The molecule has 0 spiro atoms. The van der Waals surface area contributed by atoms with Gasteiger partial charge in [0.25, 0.3) is 0 Å². The Kier molecular flexibility index (Phi) is 19.1. The van der Waals surface area contributed by atoms with Crippen molar-refractivity contribution in [3.63, 3.8) is 0 Å². The van der Waals surface area contributed by atoms with Crippen LogP contribution in [0.2, 0.25) is 0 Å². The molecule has 0 saturated carbocycles. The number of hydrogen-bond acceptors (Lipinski definition) is 6. The number of aliphatic carboxylic acids is 1. The molecule has 0 rings (SSSR count). The third kappa shape index (κ3) is 20.8. The molecule has 7 nitrogen and oxygen atoms in total. The van der Waals surface area contributed by atoms with E-state index >= 15 is 0 Å². The molecule has 0 aliphatic rings. The lowest BCUT2D eigenvalue weighted by molar-refractivity contribution is -0.138. The first-order chi connectivity index (χ1) is 12.7. The van der Waals surface area contributed by atoms with E-state index in [2.05, 4.69) is 24.1 Å². The maximum Gasteiger partial charge on any atom is 0.305 e. The fourth-order valence-electron chi connectivity index (χ4n) is 1.83. The maximum absolute atomic E-state index is 10.3. The highest BCUT2D eigenvalue weighted by atomic mass is 16.6. The monoisotopic (exact) mass is 373 g/mol. The van der Waals surface area contributed by atoms with Crippen molar-refractivity contribution in [2.24, 2.45) is 4.99 Å². The van der Waals surface area contributed by atoms with Gasteiger partial charge in [0, 0.05) is 12.1 Å². The molecule has 0 saturated heterocycles. The van der Waals surface area contributed by atoms with Crippen LogP contribution < -0.4 is 0 Å². The second kappa shape index (κ2) is 20.0. The molecule has 0 aliphatic carbocycles. The third-order valence-electron chi connectivity index (χ3n) is 3.23. The van der Waals surface area contributed by atoms with E-state index in [1.54, 1.807) is 0 Å². The van der Waals surface area contributed by atoms with Crippen molar-refractivity contribution in [1.82, 2.24) is 0 Å². The van der Waals surface area contributed by atoms with Crippen LogP contribution in [-0.2, 0) is 23.7 Å². The first kappa shape index (κ1) is 24.7. The van der Waals surface area contributed by atoms with Gasteiger partial charge in [0.05, 0.1) is 65.8 Å². The number of carboxylic acids is 1. The molecule has 0 amide bonds. The summed E-state index contributed by atoms with van der Waals surface area (Å²) in [5.41, 5.74) is 1.13. The van der Waals surface area contributed by atoms with E-state index in [-0.39, 0.29) is 13.0 Å². The fraction of sp³-hybridized carbons (Fsp3) is 0.789. The molecule has 0 radical (unpaired) electrons. The van der Waals surface area contributed by atoms with Crippen molar-refractivity contribution in [1.29, 1.82) is 0 Å². The average molecular weight is 373 g/mol. The van der Waals surface area contributed by atoms with E-state index in [1.807, 2.05) is 6.92 Å². The van der Waals surface area contributed by atoms with Crippen LogP contribution in [0.4, 0.5) is 0 Å². The number of rotatable bonds is 19. The number of allylic oxidation sites excluding steroid dienone is 2. The first-order valence-corrected chi connectivity index (χ1v) is 9.34. The van der Waals surface area contributed by atoms with Gasteiger partial charge in [-0.2, -0.15) is 0 Å². The lowest BCUT2D eigenvalue weighted by atomic mass is 10.2. The van der Waals surface area contributed by atoms with Gasteiger partial charge in [0.2, 0.25) is 0 Å². The van der Waals surface area contributed by atoms with Crippen LogP contribution in [-0.4, -0.2) is 76.2 Å². The van der Waals surface area contributed by atoms with E-state index in [9.17, 15) is 4.79 Å². The van der Waals surface area contributed by atoms with Gasteiger partial charge >= 0.3 is 5.97 Å². The van der Waals surface area contributed by atoms with E-state index in [4.69, 9.17) is 24.1 Å². The number of ether oxygens (including phenoxy) is 4. The summed E-state index contributed by atoms with van der Waals surface area (Å²) < 4.78 is 21.2. The summed E-state index contributed by atoms with van der Waals surface area (Å²) in [4.78, 5) is 14.7. The van der Waals surface area contributed by atoms with Gasteiger partial charge in [-0.05, 0) is 13.3 Å². The zero-order valence-corrected chi connectivity index (χ0v) is 16.3.